The first-order chi connectivity index (χ1) is 8.65. The summed E-state index contributed by atoms with van der Waals surface area (Å²) >= 11 is 0. The second kappa shape index (κ2) is 7.90. The number of amides is 1. The summed E-state index contributed by atoms with van der Waals surface area (Å²) in [6.07, 6.45) is 7.63. The van der Waals surface area contributed by atoms with Crippen LogP contribution < -0.4 is 5.32 Å². The molecule has 1 aliphatic rings. The fourth-order valence-corrected chi connectivity index (χ4v) is 2.28. The summed E-state index contributed by atoms with van der Waals surface area (Å²) in [4.78, 5) is 22.7. The maximum absolute atomic E-state index is 12.1. The molecule has 1 aliphatic carbocycles. The highest BCUT2D eigenvalue weighted by molar-refractivity contribution is 5.82. The Balaban J connectivity index is 2.52. The zero-order valence-electron chi connectivity index (χ0n) is 11.1. The van der Waals surface area contributed by atoms with Crippen LogP contribution in [0.25, 0.3) is 0 Å². The average Bonchev–Trinajstić information content (AvgIpc) is 2.83. The fourth-order valence-electron chi connectivity index (χ4n) is 2.28. The SMILES string of the molecule is CCCCNC(=O)C(CCC(=O)O)C1=CCCC1. The van der Waals surface area contributed by atoms with Crippen molar-refractivity contribution >= 4 is 11.9 Å². The second-order valence-corrected chi connectivity index (χ2v) is 4.80. The van der Waals surface area contributed by atoms with E-state index in [1.54, 1.807) is 0 Å². The van der Waals surface area contributed by atoms with Gasteiger partial charge in [0.2, 0.25) is 5.91 Å². The molecule has 1 atom stereocenters. The van der Waals surface area contributed by atoms with Gasteiger partial charge in [-0.3, -0.25) is 9.59 Å². The normalized spacial score (nSPS) is 16.2. The Labute approximate surface area is 108 Å². The molecule has 2 N–H and O–H groups in total. The molecule has 0 saturated heterocycles. The summed E-state index contributed by atoms with van der Waals surface area (Å²) < 4.78 is 0. The topological polar surface area (TPSA) is 66.4 Å². The number of carboxylic acids is 1. The minimum absolute atomic E-state index is 0.00199. The number of carbonyl (C=O) groups excluding carboxylic acids is 1. The molecule has 0 spiro atoms. The van der Waals surface area contributed by atoms with E-state index in [1.165, 1.54) is 0 Å². The van der Waals surface area contributed by atoms with Crippen molar-refractivity contribution < 1.29 is 14.7 Å². The molecule has 0 saturated carbocycles. The molecule has 0 bridgehead atoms. The molecule has 1 rings (SSSR count). The maximum atomic E-state index is 12.1. The summed E-state index contributed by atoms with van der Waals surface area (Å²) in [5, 5.41) is 11.7. The van der Waals surface area contributed by atoms with Gasteiger partial charge in [0.15, 0.2) is 0 Å². The van der Waals surface area contributed by atoms with Gasteiger partial charge in [0.1, 0.15) is 0 Å². The molecule has 1 unspecified atom stereocenters. The Kier molecular flexibility index (Phi) is 6.47. The molecule has 102 valence electrons. The predicted molar refractivity (Wildman–Crippen MR) is 70.2 cm³/mol. The average molecular weight is 253 g/mol. The minimum Gasteiger partial charge on any atom is -0.481 e. The van der Waals surface area contributed by atoms with E-state index in [2.05, 4.69) is 18.3 Å². The molecule has 0 radical (unpaired) electrons. The van der Waals surface area contributed by atoms with Crippen molar-refractivity contribution in [1.29, 1.82) is 0 Å². The molecular weight excluding hydrogens is 230 g/mol. The number of allylic oxidation sites excluding steroid dienone is 1. The molecule has 1 amide bonds. The van der Waals surface area contributed by atoms with Crippen molar-refractivity contribution in [2.24, 2.45) is 5.92 Å². The highest BCUT2D eigenvalue weighted by Crippen LogP contribution is 2.28. The third-order valence-corrected chi connectivity index (χ3v) is 3.32. The smallest absolute Gasteiger partial charge is 0.303 e. The van der Waals surface area contributed by atoms with E-state index in [0.29, 0.717) is 13.0 Å². The van der Waals surface area contributed by atoms with Crippen LogP contribution in [0, 0.1) is 5.92 Å². The Morgan fingerprint density at radius 3 is 2.83 bits per heavy atom. The van der Waals surface area contributed by atoms with Gasteiger partial charge in [-0.05, 0) is 32.1 Å². The van der Waals surface area contributed by atoms with Crippen molar-refractivity contribution in [2.45, 2.75) is 51.9 Å². The van der Waals surface area contributed by atoms with Gasteiger partial charge >= 0.3 is 5.97 Å². The lowest BCUT2D eigenvalue weighted by atomic mass is 9.92. The molecule has 0 aromatic rings. The Bertz CT molecular complexity index is 323. The van der Waals surface area contributed by atoms with Crippen LogP contribution in [0.3, 0.4) is 0 Å². The fraction of sp³-hybridized carbons (Fsp3) is 0.714. The maximum Gasteiger partial charge on any atom is 0.303 e. The third kappa shape index (κ3) is 4.90. The van der Waals surface area contributed by atoms with E-state index in [-0.39, 0.29) is 18.2 Å². The number of rotatable bonds is 8. The van der Waals surface area contributed by atoms with Crippen molar-refractivity contribution in [3.8, 4) is 0 Å². The first-order valence-electron chi connectivity index (χ1n) is 6.83. The van der Waals surface area contributed by atoms with E-state index < -0.39 is 5.97 Å². The van der Waals surface area contributed by atoms with E-state index in [9.17, 15) is 9.59 Å². The minimum atomic E-state index is -0.833. The van der Waals surface area contributed by atoms with Gasteiger partial charge < -0.3 is 10.4 Å². The Hall–Kier alpha value is -1.32. The number of aliphatic carboxylic acids is 1. The number of nitrogens with one attached hydrogen (secondary N) is 1. The van der Waals surface area contributed by atoms with Crippen LogP contribution in [0.2, 0.25) is 0 Å². The quantitative estimate of drug-likeness (QED) is 0.516. The van der Waals surface area contributed by atoms with Crippen LogP contribution in [0.1, 0.15) is 51.9 Å². The van der Waals surface area contributed by atoms with Crippen LogP contribution in [-0.4, -0.2) is 23.5 Å². The lowest BCUT2D eigenvalue weighted by molar-refractivity contribution is -0.137. The van der Waals surface area contributed by atoms with Crippen LogP contribution in [0.4, 0.5) is 0 Å². The zero-order valence-corrected chi connectivity index (χ0v) is 11.1. The predicted octanol–water partition coefficient (Wildman–Crippen LogP) is 2.49. The van der Waals surface area contributed by atoms with Crippen LogP contribution in [-0.2, 0) is 9.59 Å². The molecule has 18 heavy (non-hydrogen) atoms. The van der Waals surface area contributed by atoms with Crippen molar-refractivity contribution in [1.82, 2.24) is 5.32 Å². The molecule has 0 fully saturated rings. The zero-order chi connectivity index (χ0) is 13.4. The van der Waals surface area contributed by atoms with Gasteiger partial charge in [-0.25, -0.2) is 0 Å². The van der Waals surface area contributed by atoms with Gasteiger partial charge in [0.25, 0.3) is 0 Å². The second-order valence-electron chi connectivity index (χ2n) is 4.80. The van der Waals surface area contributed by atoms with E-state index in [4.69, 9.17) is 5.11 Å². The van der Waals surface area contributed by atoms with Gasteiger partial charge in [-0.2, -0.15) is 0 Å². The summed E-state index contributed by atoms with van der Waals surface area (Å²) in [6, 6.07) is 0. The largest absolute Gasteiger partial charge is 0.481 e. The lowest BCUT2D eigenvalue weighted by Crippen LogP contribution is -2.32. The number of hydrogen-bond acceptors (Lipinski definition) is 2. The first-order valence-corrected chi connectivity index (χ1v) is 6.83. The van der Waals surface area contributed by atoms with Crippen molar-refractivity contribution in [3.63, 3.8) is 0 Å². The van der Waals surface area contributed by atoms with Crippen molar-refractivity contribution in [3.05, 3.63) is 11.6 Å². The molecule has 0 heterocycles. The summed E-state index contributed by atoms with van der Waals surface area (Å²) in [5.41, 5.74) is 1.13. The van der Waals surface area contributed by atoms with Gasteiger partial charge in [0, 0.05) is 13.0 Å². The standard InChI is InChI=1S/C14H23NO3/c1-2-3-10-15-14(18)12(8-9-13(16)17)11-6-4-5-7-11/h6,12H,2-5,7-10H2,1H3,(H,15,18)(H,16,17). The number of hydrogen-bond donors (Lipinski definition) is 2. The third-order valence-electron chi connectivity index (χ3n) is 3.32. The molecule has 0 aromatic heterocycles. The van der Waals surface area contributed by atoms with E-state index >= 15 is 0 Å². The highest BCUT2D eigenvalue weighted by atomic mass is 16.4. The summed E-state index contributed by atoms with van der Waals surface area (Å²) in [5.74, 6) is -1.07. The molecule has 0 aromatic carbocycles. The van der Waals surface area contributed by atoms with Crippen LogP contribution >= 0.6 is 0 Å². The number of carboxylic acid groups (broad SMARTS) is 1. The molecule has 4 nitrogen and oxygen atoms in total. The Morgan fingerprint density at radius 2 is 2.28 bits per heavy atom. The summed E-state index contributed by atoms with van der Waals surface area (Å²) in [7, 11) is 0. The molecule has 0 aliphatic heterocycles. The van der Waals surface area contributed by atoms with Crippen LogP contribution in [0.5, 0.6) is 0 Å². The molecular formula is C14H23NO3. The number of unbranched alkanes of at least 4 members (excludes halogenated alkanes) is 1. The first kappa shape index (κ1) is 14.7. The van der Waals surface area contributed by atoms with Crippen molar-refractivity contribution in [2.75, 3.05) is 6.54 Å². The van der Waals surface area contributed by atoms with Gasteiger partial charge in [-0.1, -0.05) is 25.0 Å². The Morgan fingerprint density at radius 1 is 1.50 bits per heavy atom. The van der Waals surface area contributed by atoms with Gasteiger partial charge in [0.05, 0.1) is 5.92 Å². The van der Waals surface area contributed by atoms with E-state index in [0.717, 1.165) is 37.7 Å². The highest BCUT2D eigenvalue weighted by Gasteiger charge is 2.24. The van der Waals surface area contributed by atoms with E-state index in [1.807, 2.05) is 0 Å². The lowest BCUT2D eigenvalue weighted by Gasteiger charge is -2.17. The monoisotopic (exact) mass is 253 g/mol. The number of carbonyl (C=O) groups is 2. The van der Waals surface area contributed by atoms with Gasteiger partial charge in [-0.15, -0.1) is 0 Å². The molecule has 4 heteroatoms. The summed E-state index contributed by atoms with van der Waals surface area (Å²) in [6.45, 7) is 2.76. The van der Waals surface area contributed by atoms with Crippen LogP contribution in [0.15, 0.2) is 11.6 Å².